The monoisotopic (exact) mass is 468 g/mol. The third kappa shape index (κ3) is 4.32. The van der Waals surface area contributed by atoms with Gasteiger partial charge in [0.05, 0.1) is 18.7 Å². The first-order valence-electron chi connectivity index (χ1n) is 9.83. The lowest BCUT2D eigenvalue weighted by Crippen LogP contribution is -2.48. The molecule has 7 nitrogen and oxygen atoms in total. The van der Waals surface area contributed by atoms with E-state index < -0.39 is 6.04 Å². The number of nitrogens with zero attached hydrogens (tertiary/aromatic N) is 2. The molecule has 1 unspecified atom stereocenters. The summed E-state index contributed by atoms with van der Waals surface area (Å²) in [5.41, 5.74) is 2.78. The number of carbonyl (C=O) groups excluding carboxylic acids is 1. The van der Waals surface area contributed by atoms with Crippen LogP contribution in [0.1, 0.15) is 24.3 Å². The van der Waals surface area contributed by atoms with Gasteiger partial charge in [-0.05, 0) is 68.0 Å². The van der Waals surface area contributed by atoms with E-state index in [1.807, 2.05) is 54.3 Å². The van der Waals surface area contributed by atoms with Crippen LogP contribution in [-0.2, 0) is 4.79 Å². The number of benzene rings is 2. The summed E-state index contributed by atoms with van der Waals surface area (Å²) in [6.45, 7) is 3.62. The Bertz CT molecular complexity index is 1210. The van der Waals surface area contributed by atoms with Crippen LogP contribution in [0, 0.1) is 6.92 Å². The second-order valence-electron chi connectivity index (χ2n) is 7.25. The van der Waals surface area contributed by atoms with Crippen molar-refractivity contribution in [3.05, 3.63) is 82.2 Å². The maximum absolute atomic E-state index is 13.4. The van der Waals surface area contributed by atoms with Gasteiger partial charge in [0.1, 0.15) is 11.5 Å². The zero-order valence-corrected chi connectivity index (χ0v) is 19.3. The number of hydrogen-bond donors (Lipinski definition) is 2. The fraction of sp³-hybridized carbons (Fsp3) is 0.174. The van der Waals surface area contributed by atoms with Crippen LogP contribution in [0.3, 0.4) is 0 Å². The number of carbonyl (C=O) groups is 1. The summed E-state index contributed by atoms with van der Waals surface area (Å²) in [7, 11) is 1.61. The van der Waals surface area contributed by atoms with E-state index in [-0.39, 0.29) is 5.91 Å². The Balaban J connectivity index is 1.79. The predicted octanol–water partition coefficient (Wildman–Crippen LogP) is 4.99. The topological polar surface area (TPSA) is 79.6 Å². The van der Waals surface area contributed by atoms with Gasteiger partial charge in [0.2, 0.25) is 0 Å². The first-order chi connectivity index (χ1) is 15.4. The third-order valence-electron chi connectivity index (χ3n) is 5.11. The van der Waals surface area contributed by atoms with Crippen molar-refractivity contribution in [1.29, 1.82) is 0 Å². The van der Waals surface area contributed by atoms with Crippen molar-refractivity contribution in [3.63, 3.8) is 0 Å². The quantitative estimate of drug-likeness (QED) is 0.510. The molecule has 1 aliphatic heterocycles. The minimum absolute atomic E-state index is 0.325. The van der Waals surface area contributed by atoms with E-state index in [9.17, 15) is 4.79 Å². The highest BCUT2D eigenvalue weighted by Gasteiger charge is 2.35. The van der Waals surface area contributed by atoms with E-state index in [0.717, 1.165) is 17.0 Å². The smallest absolute Gasteiger partial charge is 0.257 e. The Morgan fingerprint density at radius 2 is 1.97 bits per heavy atom. The molecule has 164 valence electrons. The Morgan fingerprint density at radius 1 is 1.22 bits per heavy atom. The van der Waals surface area contributed by atoms with Crippen LogP contribution in [0.5, 0.6) is 5.75 Å². The highest BCUT2D eigenvalue weighted by molar-refractivity contribution is 7.80. The molecular formula is C23H21ClN4O3S. The fourth-order valence-electron chi connectivity index (χ4n) is 3.62. The summed E-state index contributed by atoms with van der Waals surface area (Å²) in [6.07, 6.45) is 0. The zero-order chi connectivity index (χ0) is 22.8. The van der Waals surface area contributed by atoms with Gasteiger partial charge in [-0.15, -0.1) is 0 Å². The van der Waals surface area contributed by atoms with Crippen LogP contribution in [-0.4, -0.2) is 23.3 Å². The van der Waals surface area contributed by atoms with Gasteiger partial charge >= 0.3 is 0 Å². The molecule has 32 heavy (non-hydrogen) atoms. The Morgan fingerprint density at radius 3 is 2.59 bits per heavy atom. The number of aromatic nitrogens is 1. The Labute approximate surface area is 196 Å². The first kappa shape index (κ1) is 21.9. The van der Waals surface area contributed by atoms with Gasteiger partial charge in [-0.3, -0.25) is 9.69 Å². The van der Waals surface area contributed by atoms with E-state index >= 15 is 0 Å². The van der Waals surface area contributed by atoms with Gasteiger partial charge in [-0.25, -0.2) is 0 Å². The fourth-order valence-corrected chi connectivity index (χ4v) is 4.18. The van der Waals surface area contributed by atoms with Crippen LogP contribution < -0.4 is 20.3 Å². The normalized spacial score (nSPS) is 16.1. The second-order valence-corrected chi connectivity index (χ2v) is 8.07. The maximum atomic E-state index is 13.4. The number of amides is 1. The van der Waals surface area contributed by atoms with Crippen LogP contribution >= 0.6 is 23.8 Å². The molecule has 9 heteroatoms. The number of anilines is 2. The van der Waals surface area contributed by atoms with E-state index in [4.69, 9.17) is 33.1 Å². The summed E-state index contributed by atoms with van der Waals surface area (Å²) in [4.78, 5) is 15.2. The molecule has 0 saturated carbocycles. The SMILES string of the molecule is COc1ccc(N2C(=S)NC(c3cccc(Cl)c3)C(C(=O)Nc3cc(C)on3)=C2C)cc1. The largest absolute Gasteiger partial charge is 0.497 e. The summed E-state index contributed by atoms with van der Waals surface area (Å²) in [5.74, 6) is 1.33. The van der Waals surface area contributed by atoms with Gasteiger partial charge in [0.15, 0.2) is 10.9 Å². The maximum Gasteiger partial charge on any atom is 0.257 e. The van der Waals surface area contributed by atoms with Crippen molar-refractivity contribution in [2.45, 2.75) is 19.9 Å². The lowest BCUT2D eigenvalue weighted by atomic mass is 9.94. The minimum Gasteiger partial charge on any atom is -0.497 e. The number of hydrogen-bond acceptors (Lipinski definition) is 5. The van der Waals surface area contributed by atoms with E-state index in [1.54, 1.807) is 26.2 Å². The molecule has 0 radical (unpaired) electrons. The number of rotatable bonds is 5. The minimum atomic E-state index is -0.497. The van der Waals surface area contributed by atoms with Gasteiger partial charge in [0, 0.05) is 22.5 Å². The molecule has 0 saturated heterocycles. The molecule has 1 atom stereocenters. The number of aryl methyl sites for hydroxylation is 1. The van der Waals surface area contributed by atoms with E-state index in [1.165, 1.54) is 0 Å². The van der Waals surface area contributed by atoms with Crippen molar-refractivity contribution in [2.75, 3.05) is 17.3 Å². The highest BCUT2D eigenvalue weighted by Crippen LogP contribution is 2.35. The summed E-state index contributed by atoms with van der Waals surface area (Å²) in [5, 5.41) is 11.0. The number of halogens is 1. The average molecular weight is 469 g/mol. The summed E-state index contributed by atoms with van der Waals surface area (Å²) < 4.78 is 10.3. The summed E-state index contributed by atoms with van der Waals surface area (Å²) >= 11 is 11.9. The van der Waals surface area contributed by atoms with E-state index in [2.05, 4.69) is 15.8 Å². The standard InChI is InChI=1S/C23H21ClN4O3S/c1-13-11-19(27-31-13)25-22(29)20-14(2)28(17-7-9-18(30-3)10-8-17)23(32)26-21(20)15-5-4-6-16(24)12-15/h4-12,21H,1-3H3,(H,26,32)(H,25,27,29). The number of ether oxygens (including phenoxy) is 1. The van der Waals surface area contributed by atoms with Gasteiger partial charge in [-0.2, -0.15) is 0 Å². The number of allylic oxidation sites excluding steroid dienone is 1. The van der Waals surface area contributed by atoms with Crippen molar-refractivity contribution in [1.82, 2.24) is 10.5 Å². The molecule has 0 spiro atoms. The van der Waals surface area contributed by atoms with Crippen molar-refractivity contribution in [2.24, 2.45) is 0 Å². The lowest BCUT2D eigenvalue weighted by molar-refractivity contribution is -0.113. The molecule has 2 N–H and O–H groups in total. The molecule has 1 aliphatic rings. The van der Waals surface area contributed by atoms with Crippen molar-refractivity contribution in [3.8, 4) is 5.75 Å². The molecule has 0 aliphatic carbocycles. The van der Waals surface area contributed by atoms with Gasteiger partial charge < -0.3 is 19.9 Å². The van der Waals surface area contributed by atoms with Crippen molar-refractivity contribution < 1.29 is 14.1 Å². The molecule has 1 amide bonds. The van der Waals surface area contributed by atoms with Crippen molar-refractivity contribution >= 4 is 46.3 Å². The molecule has 0 fully saturated rings. The van der Waals surface area contributed by atoms with Crippen LogP contribution in [0.2, 0.25) is 5.02 Å². The number of methoxy groups -OCH3 is 1. The Hall–Kier alpha value is -3.36. The zero-order valence-electron chi connectivity index (χ0n) is 17.7. The first-order valence-corrected chi connectivity index (χ1v) is 10.6. The molecule has 0 bridgehead atoms. The summed E-state index contributed by atoms with van der Waals surface area (Å²) in [6, 6.07) is 15.9. The molecule has 1 aromatic heterocycles. The molecular weight excluding hydrogens is 448 g/mol. The molecule has 2 aromatic carbocycles. The number of nitrogens with one attached hydrogen (secondary N) is 2. The molecule has 2 heterocycles. The lowest BCUT2D eigenvalue weighted by Gasteiger charge is -2.38. The van der Waals surface area contributed by atoms with Gasteiger partial charge in [0.25, 0.3) is 5.91 Å². The molecule has 4 rings (SSSR count). The predicted molar refractivity (Wildman–Crippen MR) is 128 cm³/mol. The van der Waals surface area contributed by atoms with E-state index in [0.29, 0.717) is 33.0 Å². The van der Waals surface area contributed by atoms with Crippen LogP contribution in [0.25, 0.3) is 0 Å². The van der Waals surface area contributed by atoms with Crippen LogP contribution in [0.4, 0.5) is 11.5 Å². The highest BCUT2D eigenvalue weighted by atomic mass is 35.5. The average Bonchev–Trinajstić information content (AvgIpc) is 3.18. The van der Waals surface area contributed by atoms with Gasteiger partial charge in [-0.1, -0.05) is 28.9 Å². The third-order valence-corrected chi connectivity index (χ3v) is 5.65. The molecule has 3 aromatic rings. The Kier molecular flexibility index (Phi) is 6.16. The second kappa shape index (κ2) is 9.02. The van der Waals surface area contributed by atoms with Crippen LogP contribution in [0.15, 0.2) is 70.4 Å². The number of thiocarbonyl (C=S) groups is 1.